The van der Waals surface area contributed by atoms with E-state index < -0.39 is 0 Å². The highest BCUT2D eigenvalue weighted by molar-refractivity contribution is 5.94. The summed E-state index contributed by atoms with van der Waals surface area (Å²) in [5.74, 6) is 1.12. The molecule has 2 aromatic rings. The Balaban J connectivity index is 1.87. The Labute approximate surface area is 130 Å². The summed E-state index contributed by atoms with van der Waals surface area (Å²) < 4.78 is 10.8. The summed E-state index contributed by atoms with van der Waals surface area (Å²) in [4.78, 5) is 11.9. The summed E-state index contributed by atoms with van der Waals surface area (Å²) in [5, 5.41) is 2.73. The van der Waals surface area contributed by atoms with Crippen LogP contribution in [-0.2, 0) is 4.79 Å². The topological polar surface area (TPSA) is 73.6 Å². The van der Waals surface area contributed by atoms with Gasteiger partial charge in [0.2, 0.25) is 0 Å². The monoisotopic (exact) mass is 300 g/mol. The molecule has 0 saturated heterocycles. The molecule has 22 heavy (non-hydrogen) atoms. The summed E-state index contributed by atoms with van der Waals surface area (Å²) in [6.45, 7) is 4.39. The first-order valence-corrected chi connectivity index (χ1v) is 7.10. The Morgan fingerprint density at radius 1 is 1.09 bits per heavy atom. The van der Waals surface area contributed by atoms with Crippen molar-refractivity contribution in [3.63, 3.8) is 0 Å². The second-order valence-corrected chi connectivity index (χ2v) is 4.83. The summed E-state index contributed by atoms with van der Waals surface area (Å²) in [6.07, 6.45) is 0. The maximum Gasteiger partial charge on any atom is 0.262 e. The van der Waals surface area contributed by atoms with E-state index in [-0.39, 0.29) is 12.5 Å². The van der Waals surface area contributed by atoms with E-state index in [1.165, 1.54) is 0 Å². The summed E-state index contributed by atoms with van der Waals surface area (Å²) in [5.41, 5.74) is 8.02. The molecule has 0 bridgehead atoms. The minimum absolute atomic E-state index is 0.0820. The maximum atomic E-state index is 11.9. The molecule has 0 aromatic heterocycles. The quantitative estimate of drug-likeness (QED) is 0.804. The summed E-state index contributed by atoms with van der Waals surface area (Å²) >= 11 is 0. The van der Waals surface area contributed by atoms with Gasteiger partial charge in [-0.25, -0.2) is 0 Å². The minimum atomic E-state index is -0.260. The van der Waals surface area contributed by atoms with E-state index in [2.05, 4.69) is 5.32 Å². The third-order valence-corrected chi connectivity index (χ3v) is 2.99. The molecule has 0 aliphatic rings. The van der Waals surface area contributed by atoms with E-state index in [4.69, 9.17) is 15.2 Å². The number of rotatable bonds is 6. The zero-order valence-corrected chi connectivity index (χ0v) is 12.8. The second kappa shape index (κ2) is 7.36. The largest absolute Gasteiger partial charge is 0.494 e. The highest BCUT2D eigenvalue weighted by Crippen LogP contribution is 2.20. The molecule has 1 amide bonds. The molecule has 0 heterocycles. The number of benzene rings is 2. The Kier molecular flexibility index (Phi) is 5.25. The van der Waals surface area contributed by atoms with E-state index in [1.54, 1.807) is 30.3 Å². The molecule has 0 saturated carbocycles. The van der Waals surface area contributed by atoms with Crippen LogP contribution in [0.1, 0.15) is 12.5 Å². The average Bonchev–Trinajstić information content (AvgIpc) is 2.50. The van der Waals surface area contributed by atoms with Gasteiger partial charge >= 0.3 is 0 Å². The molecular formula is C17H20N2O3. The van der Waals surface area contributed by atoms with Crippen LogP contribution in [0.3, 0.4) is 0 Å². The number of nitrogens with two attached hydrogens (primary N) is 1. The zero-order valence-electron chi connectivity index (χ0n) is 12.8. The van der Waals surface area contributed by atoms with E-state index >= 15 is 0 Å². The third kappa shape index (κ3) is 4.41. The predicted molar refractivity (Wildman–Crippen MR) is 87.3 cm³/mol. The molecule has 5 heteroatoms. The molecular weight excluding hydrogens is 280 g/mol. The zero-order chi connectivity index (χ0) is 15.9. The van der Waals surface area contributed by atoms with Crippen LogP contribution in [0.15, 0.2) is 42.5 Å². The lowest BCUT2D eigenvalue weighted by atomic mass is 10.2. The number of nitrogen functional groups attached to an aromatic ring is 1. The molecule has 0 aliphatic heterocycles. The van der Waals surface area contributed by atoms with Gasteiger partial charge in [-0.15, -0.1) is 0 Å². The highest BCUT2D eigenvalue weighted by atomic mass is 16.5. The van der Waals surface area contributed by atoms with Crippen molar-refractivity contribution in [2.45, 2.75) is 13.8 Å². The second-order valence-electron chi connectivity index (χ2n) is 4.83. The number of amides is 1. The van der Waals surface area contributed by atoms with Gasteiger partial charge in [-0.1, -0.05) is 6.07 Å². The van der Waals surface area contributed by atoms with E-state index in [1.807, 2.05) is 26.0 Å². The maximum absolute atomic E-state index is 11.9. The summed E-state index contributed by atoms with van der Waals surface area (Å²) in [7, 11) is 0. The highest BCUT2D eigenvalue weighted by Gasteiger charge is 2.06. The lowest BCUT2D eigenvalue weighted by Crippen LogP contribution is -2.20. The van der Waals surface area contributed by atoms with Crippen LogP contribution >= 0.6 is 0 Å². The first-order chi connectivity index (χ1) is 10.6. The van der Waals surface area contributed by atoms with Crippen LogP contribution in [0.5, 0.6) is 11.5 Å². The minimum Gasteiger partial charge on any atom is -0.494 e. The number of aryl methyl sites for hydroxylation is 1. The van der Waals surface area contributed by atoms with E-state index in [9.17, 15) is 4.79 Å². The molecule has 0 aliphatic carbocycles. The number of carbonyl (C=O) groups is 1. The first kappa shape index (κ1) is 15.7. The molecule has 116 valence electrons. The molecule has 0 fully saturated rings. The van der Waals surface area contributed by atoms with E-state index in [0.717, 1.165) is 11.3 Å². The van der Waals surface area contributed by atoms with Crippen molar-refractivity contribution in [3.8, 4) is 11.5 Å². The number of hydrogen-bond acceptors (Lipinski definition) is 4. The fraction of sp³-hybridized carbons (Fsp3) is 0.235. The van der Waals surface area contributed by atoms with Crippen molar-refractivity contribution >= 4 is 17.3 Å². The van der Waals surface area contributed by atoms with Crippen LogP contribution in [0.2, 0.25) is 0 Å². The van der Waals surface area contributed by atoms with Crippen LogP contribution in [0.25, 0.3) is 0 Å². The van der Waals surface area contributed by atoms with Crippen molar-refractivity contribution in [1.29, 1.82) is 0 Å². The smallest absolute Gasteiger partial charge is 0.262 e. The van der Waals surface area contributed by atoms with Gasteiger partial charge in [0.1, 0.15) is 11.5 Å². The molecule has 0 spiro atoms. The van der Waals surface area contributed by atoms with Gasteiger partial charge < -0.3 is 20.5 Å². The normalized spacial score (nSPS) is 10.1. The van der Waals surface area contributed by atoms with Crippen molar-refractivity contribution in [3.05, 3.63) is 48.0 Å². The fourth-order valence-electron chi connectivity index (χ4n) is 1.93. The van der Waals surface area contributed by atoms with Crippen LogP contribution in [-0.4, -0.2) is 19.1 Å². The number of hydrogen-bond donors (Lipinski definition) is 2. The SMILES string of the molecule is CCOc1ccc(OCC(=O)Nc2ccc(C)cc2N)cc1. The Bertz CT molecular complexity index is 639. The van der Waals surface area contributed by atoms with Gasteiger partial charge in [-0.2, -0.15) is 0 Å². The molecule has 2 rings (SSSR count). The average molecular weight is 300 g/mol. The molecule has 0 unspecified atom stereocenters. The predicted octanol–water partition coefficient (Wildman–Crippen LogP) is 2.99. The van der Waals surface area contributed by atoms with Gasteiger partial charge in [0.25, 0.3) is 5.91 Å². The Morgan fingerprint density at radius 3 is 2.32 bits per heavy atom. The van der Waals surface area contributed by atoms with Crippen LogP contribution in [0.4, 0.5) is 11.4 Å². The van der Waals surface area contributed by atoms with Crippen molar-refractivity contribution in [2.75, 3.05) is 24.3 Å². The lowest BCUT2D eigenvalue weighted by molar-refractivity contribution is -0.118. The number of nitrogens with one attached hydrogen (secondary N) is 1. The van der Waals surface area contributed by atoms with Gasteiger partial charge in [-0.3, -0.25) is 4.79 Å². The van der Waals surface area contributed by atoms with Crippen molar-refractivity contribution < 1.29 is 14.3 Å². The van der Waals surface area contributed by atoms with Gasteiger partial charge in [0.05, 0.1) is 18.0 Å². The van der Waals surface area contributed by atoms with Crippen molar-refractivity contribution in [2.24, 2.45) is 0 Å². The van der Waals surface area contributed by atoms with Crippen molar-refractivity contribution in [1.82, 2.24) is 0 Å². The molecule has 5 nitrogen and oxygen atoms in total. The first-order valence-electron chi connectivity index (χ1n) is 7.10. The summed E-state index contributed by atoms with van der Waals surface area (Å²) in [6, 6.07) is 12.6. The van der Waals surface area contributed by atoms with Crippen LogP contribution in [0, 0.1) is 6.92 Å². The number of ether oxygens (including phenoxy) is 2. The van der Waals surface area contributed by atoms with Gasteiger partial charge in [0, 0.05) is 0 Å². The number of anilines is 2. The lowest BCUT2D eigenvalue weighted by Gasteiger charge is -2.10. The van der Waals surface area contributed by atoms with Gasteiger partial charge in [-0.05, 0) is 55.8 Å². The fourth-order valence-corrected chi connectivity index (χ4v) is 1.93. The molecule has 0 radical (unpaired) electrons. The molecule has 3 N–H and O–H groups in total. The van der Waals surface area contributed by atoms with Gasteiger partial charge in [0.15, 0.2) is 6.61 Å². The van der Waals surface area contributed by atoms with E-state index in [0.29, 0.717) is 23.7 Å². The standard InChI is InChI=1S/C17H20N2O3/c1-3-21-13-5-7-14(8-6-13)22-11-17(20)19-16-9-4-12(2)10-15(16)18/h4-10H,3,11,18H2,1-2H3,(H,19,20). The Morgan fingerprint density at radius 2 is 1.73 bits per heavy atom. The molecule has 0 atom stereocenters. The number of carbonyl (C=O) groups excluding carboxylic acids is 1. The Hall–Kier alpha value is -2.69. The van der Waals surface area contributed by atoms with Crippen LogP contribution < -0.4 is 20.5 Å². The molecule has 2 aromatic carbocycles. The third-order valence-electron chi connectivity index (χ3n) is 2.99.